The Morgan fingerprint density at radius 2 is 0.985 bits per heavy atom. The van der Waals surface area contributed by atoms with Crippen molar-refractivity contribution in [2.45, 2.75) is 248 Å². The Morgan fingerprint density at radius 1 is 0.508 bits per heavy atom. The number of allylic oxidation sites excluding steroid dienone is 6. The average molecular weight is 929 g/mol. The van der Waals surface area contributed by atoms with E-state index in [1.54, 1.807) is 0 Å². The minimum Gasteiger partial charge on any atom is -0.457 e. The van der Waals surface area contributed by atoms with Crippen LogP contribution in [0.5, 0.6) is 0 Å². The van der Waals surface area contributed by atoms with E-state index in [0.29, 0.717) is 13.0 Å². The fraction of sp³-hybridized carbons (Fsp3) is 0.863. The highest BCUT2D eigenvalue weighted by molar-refractivity contribution is 5.69. The summed E-state index contributed by atoms with van der Waals surface area (Å²) in [5.74, 6) is -0.385. The van der Waals surface area contributed by atoms with Crippen LogP contribution in [0, 0.1) is 0 Å². The van der Waals surface area contributed by atoms with Crippen molar-refractivity contribution in [1.82, 2.24) is 0 Å². The number of carbonyl (C=O) groups is 1. The van der Waals surface area contributed by atoms with Crippen molar-refractivity contribution in [1.29, 1.82) is 0 Å². The van der Waals surface area contributed by atoms with E-state index in [2.05, 4.69) is 50.3 Å². The number of unbranched alkanes of at least 4 members (excludes halogenated alkanes) is 20. The lowest BCUT2D eigenvalue weighted by Crippen LogP contribution is -2.61. The van der Waals surface area contributed by atoms with E-state index in [1.807, 2.05) is 0 Å². The number of aliphatic hydroxyl groups is 7. The molecule has 11 atom stereocenters. The minimum absolute atomic E-state index is 0.0532. The third kappa shape index (κ3) is 27.1. The second-order valence-corrected chi connectivity index (χ2v) is 18.0. The van der Waals surface area contributed by atoms with Crippen molar-refractivity contribution in [3.05, 3.63) is 36.5 Å². The third-order valence-corrected chi connectivity index (χ3v) is 12.1. The van der Waals surface area contributed by atoms with Crippen molar-refractivity contribution in [2.75, 3.05) is 33.0 Å². The average Bonchev–Trinajstić information content (AvgIpc) is 3.30. The number of rotatable bonds is 40. The van der Waals surface area contributed by atoms with Crippen molar-refractivity contribution in [3.63, 3.8) is 0 Å². The van der Waals surface area contributed by atoms with E-state index >= 15 is 0 Å². The lowest BCUT2D eigenvalue weighted by atomic mass is 9.98. The molecule has 0 radical (unpaired) electrons. The molecular formula is C51H92O14. The summed E-state index contributed by atoms with van der Waals surface area (Å²) in [6.45, 7) is 3.59. The molecule has 0 aliphatic carbocycles. The van der Waals surface area contributed by atoms with Crippen LogP contribution in [0.4, 0.5) is 0 Å². The van der Waals surface area contributed by atoms with Crippen molar-refractivity contribution < 1.29 is 69.0 Å². The van der Waals surface area contributed by atoms with Gasteiger partial charge in [0.1, 0.15) is 54.9 Å². The number of hydrogen-bond acceptors (Lipinski definition) is 14. The molecule has 0 aromatic carbocycles. The van der Waals surface area contributed by atoms with Crippen molar-refractivity contribution in [2.24, 2.45) is 0 Å². The zero-order valence-electron chi connectivity index (χ0n) is 40.2. The normalized spacial score (nSPS) is 26.8. The maximum Gasteiger partial charge on any atom is 0.306 e. The molecule has 14 heteroatoms. The molecule has 2 aliphatic rings. The van der Waals surface area contributed by atoms with Gasteiger partial charge in [-0.2, -0.15) is 0 Å². The molecule has 2 rings (SSSR count). The van der Waals surface area contributed by atoms with Gasteiger partial charge >= 0.3 is 5.97 Å². The Bertz CT molecular complexity index is 1220. The lowest BCUT2D eigenvalue weighted by Gasteiger charge is -2.42. The molecule has 7 N–H and O–H groups in total. The molecule has 380 valence electrons. The molecule has 11 unspecified atom stereocenters. The zero-order valence-corrected chi connectivity index (χ0v) is 40.2. The minimum atomic E-state index is -1.71. The van der Waals surface area contributed by atoms with Crippen LogP contribution in [-0.2, 0) is 33.2 Å². The van der Waals surface area contributed by atoms with E-state index in [9.17, 15) is 40.5 Å². The van der Waals surface area contributed by atoms with Crippen LogP contribution in [0.1, 0.15) is 181 Å². The fourth-order valence-electron chi connectivity index (χ4n) is 7.91. The summed E-state index contributed by atoms with van der Waals surface area (Å²) in [7, 11) is 0. The molecule has 0 saturated carbocycles. The quantitative estimate of drug-likeness (QED) is 0.0181. The van der Waals surface area contributed by atoms with Crippen LogP contribution in [-0.4, -0.2) is 142 Å². The first-order valence-electron chi connectivity index (χ1n) is 25.6. The van der Waals surface area contributed by atoms with E-state index in [-0.39, 0.29) is 25.6 Å². The number of aliphatic hydroxyl groups excluding tert-OH is 7. The lowest BCUT2D eigenvalue weighted by molar-refractivity contribution is -0.332. The van der Waals surface area contributed by atoms with Crippen LogP contribution in [0.15, 0.2) is 36.5 Å². The van der Waals surface area contributed by atoms with Crippen molar-refractivity contribution in [3.8, 4) is 0 Å². The van der Waals surface area contributed by atoms with Gasteiger partial charge < -0.3 is 64.2 Å². The van der Waals surface area contributed by atoms with Crippen LogP contribution in [0.2, 0.25) is 0 Å². The van der Waals surface area contributed by atoms with E-state index in [4.69, 9.17) is 28.4 Å². The number of hydrogen-bond donors (Lipinski definition) is 7. The summed E-state index contributed by atoms with van der Waals surface area (Å²) >= 11 is 0. The SMILES string of the molecule is CCC/C=C\C/C=C\CCCCCCCCOCC(COC1OC(COC2OC(CO)C(O)C(O)C2O)C(O)C(O)C1O)OC(=O)CCCCCCCCC/C=C\CCCCCCCC. The summed E-state index contributed by atoms with van der Waals surface area (Å²) in [5, 5.41) is 72.1. The predicted molar refractivity (Wildman–Crippen MR) is 252 cm³/mol. The Hall–Kier alpha value is -1.79. The van der Waals surface area contributed by atoms with Gasteiger partial charge in [0, 0.05) is 13.0 Å². The van der Waals surface area contributed by atoms with Gasteiger partial charge in [0.25, 0.3) is 0 Å². The van der Waals surface area contributed by atoms with Gasteiger partial charge in [0.15, 0.2) is 12.6 Å². The monoisotopic (exact) mass is 929 g/mol. The first kappa shape index (κ1) is 59.3. The number of carbonyl (C=O) groups excluding carboxylic acids is 1. The van der Waals surface area contributed by atoms with Crippen LogP contribution in [0.25, 0.3) is 0 Å². The first-order chi connectivity index (χ1) is 31.6. The first-order valence-corrected chi connectivity index (χ1v) is 25.6. The molecule has 0 amide bonds. The highest BCUT2D eigenvalue weighted by Gasteiger charge is 2.47. The summed E-state index contributed by atoms with van der Waals surface area (Å²) in [6.07, 6.45) is 26.3. The predicted octanol–water partition coefficient (Wildman–Crippen LogP) is 7.41. The molecule has 2 saturated heterocycles. The standard InChI is InChI=1S/C51H92O14/c1-3-5-7-9-11-13-15-17-19-20-21-22-24-26-28-30-32-34-43(53)63-40(37-60-35-33-31-29-27-25-23-18-16-14-12-10-8-6-4-2)38-61-50-49(59)47(57)45(55)42(65-50)39-62-51-48(58)46(56)44(54)41(36-52)64-51/h8,10,14,16-17,19,40-42,44-52,54-59H,3-7,9,11-13,15,18,20-39H2,1-2H3/b10-8-,16-14-,19-17-. The summed E-state index contributed by atoms with van der Waals surface area (Å²) in [4.78, 5) is 13.0. The highest BCUT2D eigenvalue weighted by Crippen LogP contribution is 2.26. The molecule has 2 fully saturated rings. The van der Waals surface area contributed by atoms with Gasteiger partial charge in [-0.05, 0) is 64.2 Å². The number of esters is 1. The van der Waals surface area contributed by atoms with Gasteiger partial charge in [0.2, 0.25) is 0 Å². The second-order valence-electron chi connectivity index (χ2n) is 18.0. The summed E-state index contributed by atoms with van der Waals surface area (Å²) in [6, 6.07) is 0. The van der Waals surface area contributed by atoms with Crippen LogP contribution >= 0.6 is 0 Å². The largest absolute Gasteiger partial charge is 0.457 e. The highest BCUT2D eigenvalue weighted by atomic mass is 16.7. The van der Waals surface area contributed by atoms with E-state index in [0.717, 1.165) is 70.6 Å². The van der Waals surface area contributed by atoms with Crippen LogP contribution in [0.3, 0.4) is 0 Å². The smallest absolute Gasteiger partial charge is 0.306 e. The fourth-order valence-corrected chi connectivity index (χ4v) is 7.91. The topological polar surface area (TPSA) is 214 Å². The summed E-state index contributed by atoms with van der Waals surface area (Å²) < 4.78 is 34.2. The van der Waals surface area contributed by atoms with Crippen molar-refractivity contribution >= 4 is 5.97 Å². The Morgan fingerprint density at radius 3 is 1.55 bits per heavy atom. The molecule has 0 spiro atoms. The molecule has 65 heavy (non-hydrogen) atoms. The zero-order chi connectivity index (χ0) is 47.3. The molecular weight excluding hydrogens is 837 g/mol. The molecule has 0 bridgehead atoms. The maximum atomic E-state index is 13.0. The Balaban J connectivity index is 1.78. The van der Waals surface area contributed by atoms with Gasteiger partial charge in [-0.3, -0.25) is 4.79 Å². The Kier molecular flexibility index (Phi) is 35.7. The molecule has 14 nitrogen and oxygen atoms in total. The molecule has 2 heterocycles. The van der Waals surface area contributed by atoms with Gasteiger partial charge in [0.05, 0.1) is 26.4 Å². The van der Waals surface area contributed by atoms with E-state index < -0.39 is 80.7 Å². The second kappa shape index (κ2) is 39.1. The Labute approximate surface area is 391 Å². The molecule has 2 aliphatic heterocycles. The maximum absolute atomic E-state index is 13.0. The summed E-state index contributed by atoms with van der Waals surface area (Å²) in [5.41, 5.74) is 0. The molecule has 0 aromatic heterocycles. The molecule has 0 aromatic rings. The van der Waals surface area contributed by atoms with Gasteiger partial charge in [-0.25, -0.2) is 0 Å². The van der Waals surface area contributed by atoms with Crippen LogP contribution < -0.4 is 0 Å². The van der Waals surface area contributed by atoms with Gasteiger partial charge in [-0.1, -0.05) is 147 Å². The van der Waals surface area contributed by atoms with E-state index in [1.165, 1.54) is 83.5 Å². The van der Waals surface area contributed by atoms with Gasteiger partial charge in [-0.15, -0.1) is 0 Å². The number of ether oxygens (including phenoxy) is 6. The third-order valence-electron chi connectivity index (χ3n) is 12.1.